The minimum absolute atomic E-state index is 0.0484. The number of carbonyl (C=O) groups excluding carboxylic acids is 1. The first-order chi connectivity index (χ1) is 18.5. The van der Waals surface area contributed by atoms with Gasteiger partial charge in [-0.3, -0.25) is 4.57 Å². The fourth-order valence-corrected chi connectivity index (χ4v) is 4.97. The van der Waals surface area contributed by atoms with Crippen LogP contribution in [-0.2, 0) is 4.74 Å². The van der Waals surface area contributed by atoms with E-state index in [9.17, 15) is 19.1 Å². The van der Waals surface area contributed by atoms with E-state index in [0.29, 0.717) is 24.3 Å². The molecule has 1 N–H and O–H groups in total. The van der Waals surface area contributed by atoms with Gasteiger partial charge in [-0.05, 0) is 39.0 Å². The normalized spacial score (nSPS) is 17.1. The molecule has 3 aromatic rings. The molecule has 2 aliphatic heterocycles. The lowest BCUT2D eigenvalue weighted by atomic mass is 10.1. The molecule has 1 atom stereocenters. The number of anilines is 1. The summed E-state index contributed by atoms with van der Waals surface area (Å²) in [6, 6.07) is 3.44. The highest BCUT2D eigenvalue weighted by atomic mass is 35.5. The van der Waals surface area contributed by atoms with Gasteiger partial charge in [0.25, 0.3) is 0 Å². The molecule has 2 aliphatic rings. The van der Waals surface area contributed by atoms with E-state index in [2.05, 4.69) is 16.5 Å². The minimum Gasteiger partial charge on any atom is -0.507 e. The molecule has 39 heavy (non-hydrogen) atoms. The number of halogens is 2. The highest BCUT2D eigenvalue weighted by Gasteiger charge is 2.38. The van der Waals surface area contributed by atoms with Crippen LogP contribution in [0.1, 0.15) is 20.8 Å². The van der Waals surface area contributed by atoms with Crippen molar-refractivity contribution in [1.82, 2.24) is 19.4 Å². The Balaban J connectivity index is 1.70. The number of aromatic nitrogens is 3. The Morgan fingerprint density at radius 3 is 2.77 bits per heavy atom. The molecule has 10 nitrogen and oxygen atoms in total. The number of rotatable bonds is 3. The summed E-state index contributed by atoms with van der Waals surface area (Å²) in [7, 11) is 0. The highest BCUT2D eigenvalue weighted by Crippen LogP contribution is 2.46. The van der Waals surface area contributed by atoms with Gasteiger partial charge in [-0.25, -0.2) is 19.0 Å². The lowest BCUT2D eigenvalue weighted by molar-refractivity contribution is 0.0202. The van der Waals surface area contributed by atoms with E-state index in [-0.39, 0.29) is 46.6 Å². The van der Waals surface area contributed by atoms with Crippen LogP contribution in [-0.4, -0.2) is 68.5 Å². The highest BCUT2D eigenvalue weighted by molar-refractivity contribution is 6.36. The third-order valence-corrected chi connectivity index (χ3v) is 6.71. The summed E-state index contributed by atoms with van der Waals surface area (Å²) >= 11 is 6.77. The summed E-state index contributed by atoms with van der Waals surface area (Å²) in [6.45, 7) is 10.0. The number of benzene rings is 1. The zero-order chi connectivity index (χ0) is 28.1. The molecule has 0 unspecified atom stereocenters. The molecular formula is C27H27ClFN5O5. The first-order valence-electron chi connectivity index (χ1n) is 12.3. The minimum atomic E-state index is -0.750. The predicted molar refractivity (Wildman–Crippen MR) is 146 cm³/mol. The maximum atomic E-state index is 14.9. The number of carbonyl (C=O) groups is 1. The number of fused-ring (bicyclic) bond motifs is 2. The lowest BCUT2D eigenvalue weighted by Crippen LogP contribution is -2.57. The molecule has 1 fully saturated rings. The number of aromatic hydroxyl groups is 1. The van der Waals surface area contributed by atoms with E-state index in [1.807, 2.05) is 4.90 Å². The van der Waals surface area contributed by atoms with Crippen LogP contribution < -0.4 is 15.3 Å². The van der Waals surface area contributed by atoms with E-state index in [0.717, 1.165) is 0 Å². The second-order valence-electron chi connectivity index (χ2n) is 10.2. The van der Waals surface area contributed by atoms with E-state index < -0.39 is 29.2 Å². The van der Waals surface area contributed by atoms with Crippen LogP contribution in [0.5, 0.6) is 11.5 Å². The summed E-state index contributed by atoms with van der Waals surface area (Å²) in [6.07, 6.45) is 3.98. The number of piperazine rings is 1. The standard InChI is InChI=1S/C27H27ClFN5O5/c1-5-6-10-34-23-19-22(20(28)21(30-23)18-16(29)8-7-9-17(18)35)38-14-15-13-32(26(37)39-27(2,3)4)11-12-33(15)24(19)31-25(34)36/h5-10,15,35H,1,11-14H2,2-4H3/b10-6+/t15-/m0/s1. The van der Waals surface area contributed by atoms with Gasteiger partial charge >= 0.3 is 11.8 Å². The van der Waals surface area contributed by atoms with Crippen molar-refractivity contribution in [2.45, 2.75) is 32.4 Å². The van der Waals surface area contributed by atoms with Crippen LogP contribution in [0.15, 0.2) is 41.7 Å². The Morgan fingerprint density at radius 1 is 1.31 bits per heavy atom. The van der Waals surface area contributed by atoms with Crippen molar-refractivity contribution in [2.24, 2.45) is 0 Å². The van der Waals surface area contributed by atoms with Crippen LogP contribution >= 0.6 is 11.6 Å². The molecule has 5 rings (SSSR count). The number of allylic oxidation sites excluding steroid dienone is 2. The summed E-state index contributed by atoms with van der Waals surface area (Å²) in [4.78, 5) is 38.4. The van der Waals surface area contributed by atoms with Gasteiger partial charge in [0.15, 0.2) is 11.4 Å². The maximum absolute atomic E-state index is 14.9. The summed E-state index contributed by atoms with van der Waals surface area (Å²) in [5.41, 5.74) is -1.52. The molecule has 1 saturated heterocycles. The second kappa shape index (κ2) is 9.88. The maximum Gasteiger partial charge on any atom is 0.410 e. The predicted octanol–water partition coefficient (Wildman–Crippen LogP) is 4.43. The van der Waals surface area contributed by atoms with Crippen molar-refractivity contribution >= 4 is 40.7 Å². The van der Waals surface area contributed by atoms with Gasteiger partial charge in [-0.2, -0.15) is 4.98 Å². The third-order valence-electron chi connectivity index (χ3n) is 6.36. The number of ether oxygens (including phenoxy) is 2. The van der Waals surface area contributed by atoms with Gasteiger partial charge in [0.05, 0.1) is 11.6 Å². The van der Waals surface area contributed by atoms with Gasteiger partial charge in [0, 0.05) is 25.8 Å². The number of phenolic OH excluding ortho intramolecular Hbond substituents is 1. The van der Waals surface area contributed by atoms with Crippen LogP contribution in [0, 0.1) is 5.82 Å². The van der Waals surface area contributed by atoms with Crippen molar-refractivity contribution in [3.05, 3.63) is 58.3 Å². The molecule has 0 bridgehead atoms. The average molecular weight is 556 g/mol. The fourth-order valence-electron chi connectivity index (χ4n) is 4.68. The van der Waals surface area contributed by atoms with Crippen LogP contribution in [0.3, 0.4) is 0 Å². The van der Waals surface area contributed by atoms with Crippen LogP contribution in [0.2, 0.25) is 5.02 Å². The summed E-state index contributed by atoms with van der Waals surface area (Å²) in [5.74, 6) is -0.696. The zero-order valence-corrected chi connectivity index (χ0v) is 22.4. The molecule has 0 spiro atoms. The average Bonchev–Trinajstić information content (AvgIpc) is 3.02. The monoisotopic (exact) mass is 555 g/mol. The Bertz CT molecular complexity index is 1560. The van der Waals surface area contributed by atoms with Crippen molar-refractivity contribution < 1.29 is 23.8 Å². The second-order valence-corrected chi connectivity index (χ2v) is 10.6. The van der Waals surface area contributed by atoms with Gasteiger partial charge in [0.2, 0.25) is 0 Å². The quantitative estimate of drug-likeness (QED) is 0.473. The van der Waals surface area contributed by atoms with Crippen LogP contribution in [0.25, 0.3) is 28.5 Å². The first kappa shape index (κ1) is 26.5. The molecule has 1 amide bonds. The summed E-state index contributed by atoms with van der Waals surface area (Å²) < 4.78 is 27.8. The lowest BCUT2D eigenvalue weighted by Gasteiger charge is -2.41. The number of hydrogen-bond acceptors (Lipinski definition) is 8. The van der Waals surface area contributed by atoms with E-state index in [1.54, 1.807) is 25.7 Å². The van der Waals surface area contributed by atoms with E-state index >= 15 is 0 Å². The molecule has 1 aromatic carbocycles. The van der Waals surface area contributed by atoms with Crippen molar-refractivity contribution in [2.75, 3.05) is 31.1 Å². The molecule has 0 aliphatic carbocycles. The summed E-state index contributed by atoms with van der Waals surface area (Å²) in [5, 5.41) is 10.8. The SMILES string of the molecule is C=C/C=C/n1c(=O)nc2c3c(c(Cl)c(-c4c(O)cccc4F)nc31)OC[C@@H]1CN(C(=O)OC(C)(C)C)CCN21. The first-order valence-corrected chi connectivity index (χ1v) is 12.7. The fraction of sp³-hybridized carbons (Fsp3) is 0.333. The van der Waals surface area contributed by atoms with Crippen molar-refractivity contribution in [3.8, 4) is 22.8 Å². The number of hydrogen-bond donors (Lipinski definition) is 1. The number of amides is 1. The zero-order valence-electron chi connectivity index (χ0n) is 21.6. The van der Waals surface area contributed by atoms with Crippen molar-refractivity contribution in [1.29, 1.82) is 0 Å². The van der Waals surface area contributed by atoms with Gasteiger partial charge in [0.1, 0.15) is 45.7 Å². The molecule has 4 heterocycles. The Labute approximate surface area is 228 Å². The largest absolute Gasteiger partial charge is 0.507 e. The topological polar surface area (TPSA) is 110 Å². The molecule has 12 heteroatoms. The van der Waals surface area contributed by atoms with E-state index in [1.165, 1.54) is 41.1 Å². The van der Waals surface area contributed by atoms with Crippen LogP contribution in [0.4, 0.5) is 15.0 Å². The Hall–Kier alpha value is -4.12. The van der Waals surface area contributed by atoms with Gasteiger partial charge in [-0.15, -0.1) is 0 Å². The smallest absolute Gasteiger partial charge is 0.410 e. The Kier molecular flexibility index (Phi) is 6.71. The number of nitrogens with zero attached hydrogens (tertiary/aromatic N) is 5. The molecule has 0 radical (unpaired) electrons. The van der Waals surface area contributed by atoms with Gasteiger partial charge < -0.3 is 24.4 Å². The number of phenols is 1. The molecular weight excluding hydrogens is 529 g/mol. The molecule has 2 aromatic heterocycles. The number of pyridine rings is 1. The van der Waals surface area contributed by atoms with E-state index in [4.69, 9.17) is 21.1 Å². The van der Waals surface area contributed by atoms with Gasteiger partial charge in [-0.1, -0.05) is 30.3 Å². The Morgan fingerprint density at radius 2 is 2.08 bits per heavy atom. The van der Waals surface area contributed by atoms with Crippen molar-refractivity contribution in [3.63, 3.8) is 0 Å². The molecule has 0 saturated carbocycles. The third kappa shape index (κ3) is 4.78. The molecule has 204 valence electrons.